The summed E-state index contributed by atoms with van der Waals surface area (Å²) in [6.07, 6.45) is 0.946. The largest absolute Gasteiger partial charge is 0.328 e. The van der Waals surface area contributed by atoms with Gasteiger partial charge in [0.25, 0.3) is 0 Å². The molecule has 0 radical (unpaired) electrons. The van der Waals surface area contributed by atoms with Crippen LogP contribution >= 0.6 is 11.8 Å². The summed E-state index contributed by atoms with van der Waals surface area (Å²) >= 11 is 1.62. The van der Waals surface area contributed by atoms with Crippen LogP contribution in [0.2, 0.25) is 0 Å². The van der Waals surface area contributed by atoms with Gasteiger partial charge in [-0.3, -0.25) is 4.79 Å². The van der Waals surface area contributed by atoms with Crippen LogP contribution in [0, 0.1) is 13.8 Å². The fourth-order valence-corrected chi connectivity index (χ4v) is 2.39. The van der Waals surface area contributed by atoms with Crippen molar-refractivity contribution >= 4 is 23.4 Å². The van der Waals surface area contributed by atoms with E-state index in [-0.39, 0.29) is 11.9 Å². The van der Waals surface area contributed by atoms with E-state index >= 15 is 0 Å². The fraction of sp³-hybridized carbons (Fsp3) is 0.500. The van der Waals surface area contributed by atoms with E-state index in [1.807, 2.05) is 32.0 Å². The van der Waals surface area contributed by atoms with Crippen LogP contribution in [0.25, 0.3) is 0 Å². The van der Waals surface area contributed by atoms with E-state index in [4.69, 9.17) is 5.73 Å². The van der Waals surface area contributed by atoms with Crippen LogP contribution in [0.5, 0.6) is 0 Å². The monoisotopic (exact) mass is 266 g/mol. The first-order valence-electron chi connectivity index (χ1n) is 6.19. The van der Waals surface area contributed by atoms with Crippen LogP contribution in [0.15, 0.2) is 18.2 Å². The molecule has 18 heavy (non-hydrogen) atoms. The second-order valence-electron chi connectivity index (χ2n) is 4.67. The molecule has 0 aliphatic heterocycles. The molecule has 0 spiro atoms. The number of carbonyl (C=O) groups is 1. The lowest BCUT2D eigenvalue weighted by atomic mass is 10.1. The average Bonchev–Trinajstić information content (AvgIpc) is 2.29. The van der Waals surface area contributed by atoms with Gasteiger partial charge in [-0.25, -0.2) is 0 Å². The van der Waals surface area contributed by atoms with Gasteiger partial charge in [0.1, 0.15) is 0 Å². The van der Waals surface area contributed by atoms with Gasteiger partial charge in [-0.1, -0.05) is 6.07 Å². The molecule has 0 saturated carbocycles. The number of amides is 1. The van der Waals surface area contributed by atoms with Crippen LogP contribution in [-0.4, -0.2) is 23.5 Å². The van der Waals surface area contributed by atoms with Gasteiger partial charge in [-0.05, 0) is 56.2 Å². The number of hydrogen-bond donors (Lipinski definition) is 2. The van der Waals surface area contributed by atoms with E-state index in [0.717, 1.165) is 17.9 Å². The lowest BCUT2D eigenvalue weighted by Crippen LogP contribution is -2.17. The van der Waals surface area contributed by atoms with E-state index in [1.165, 1.54) is 11.1 Å². The summed E-state index contributed by atoms with van der Waals surface area (Å²) in [6.45, 7) is 6.09. The summed E-state index contributed by atoms with van der Waals surface area (Å²) in [6, 6.07) is 6.17. The molecule has 0 saturated heterocycles. The number of hydrogen-bond acceptors (Lipinski definition) is 3. The molecule has 0 heterocycles. The number of anilines is 1. The van der Waals surface area contributed by atoms with Crippen LogP contribution in [-0.2, 0) is 4.79 Å². The van der Waals surface area contributed by atoms with Gasteiger partial charge in [-0.15, -0.1) is 0 Å². The molecule has 0 aromatic heterocycles. The van der Waals surface area contributed by atoms with Crippen molar-refractivity contribution in [3.05, 3.63) is 29.3 Å². The Morgan fingerprint density at radius 2 is 2.11 bits per heavy atom. The fourth-order valence-electron chi connectivity index (χ4n) is 1.45. The van der Waals surface area contributed by atoms with Gasteiger partial charge in [0.15, 0.2) is 0 Å². The maximum Gasteiger partial charge on any atom is 0.234 e. The van der Waals surface area contributed by atoms with Gasteiger partial charge < -0.3 is 11.1 Å². The molecule has 1 unspecified atom stereocenters. The first-order valence-corrected chi connectivity index (χ1v) is 7.35. The zero-order valence-electron chi connectivity index (χ0n) is 11.3. The van der Waals surface area contributed by atoms with Gasteiger partial charge >= 0.3 is 0 Å². The summed E-state index contributed by atoms with van der Waals surface area (Å²) in [5.74, 6) is 1.46. The Labute approximate surface area is 114 Å². The molecule has 0 aliphatic rings. The van der Waals surface area contributed by atoms with Crippen LogP contribution in [0.1, 0.15) is 24.5 Å². The quantitative estimate of drug-likeness (QED) is 0.778. The van der Waals surface area contributed by atoms with Crippen LogP contribution < -0.4 is 11.1 Å². The van der Waals surface area contributed by atoms with Crippen molar-refractivity contribution in [2.45, 2.75) is 33.2 Å². The number of rotatable bonds is 6. The maximum atomic E-state index is 11.7. The molecular formula is C14H22N2OS. The van der Waals surface area contributed by atoms with Gasteiger partial charge in [0.2, 0.25) is 5.91 Å². The SMILES string of the molecule is Cc1ccc(NC(=O)CSCCC(C)N)cc1C. The Balaban J connectivity index is 2.33. The average molecular weight is 266 g/mol. The Hall–Kier alpha value is -1.00. The van der Waals surface area contributed by atoms with Gasteiger partial charge in [0, 0.05) is 11.7 Å². The van der Waals surface area contributed by atoms with Crippen LogP contribution in [0.4, 0.5) is 5.69 Å². The van der Waals surface area contributed by atoms with E-state index in [2.05, 4.69) is 12.2 Å². The summed E-state index contributed by atoms with van der Waals surface area (Å²) in [5, 5.41) is 2.91. The molecule has 1 amide bonds. The highest BCUT2D eigenvalue weighted by Gasteiger charge is 2.04. The number of aryl methyl sites for hydroxylation is 2. The number of carbonyl (C=O) groups excluding carboxylic acids is 1. The first kappa shape index (κ1) is 15.1. The van der Waals surface area contributed by atoms with E-state index in [0.29, 0.717) is 5.75 Å². The molecule has 1 rings (SSSR count). The first-order chi connectivity index (χ1) is 8.49. The minimum Gasteiger partial charge on any atom is -0.328 e. The maximum absolute atomic E-state index is 11.7. The summed E-state index contributed by atoms with van der Waals surface area (Å²) in [5.41, 5.74) is 8.95. The number of nitrogens with two attached hydrogens (primary N) is 1. The highest BCUT2D eigenvalue weighted by molar-refractivity contribution is 7.99. The Morgan fingerprint density at radius 1 is 1.39 bits per heavy atom. The molecule has 1 aromatic rings. The van der Waals surface area contributed by atoms with Crippen molar-refractivity contribution in [3.63, 3.8) is 0 Å². The van der Waals surface area contributed by atoms with Crippen molar-refractivity contribution in [1.29, 1.82) is 0 Å². The van der Waals surface area contributed by atoms with Crippen molar-refractivity contribution in [1.82, 2.24) is 0 Å². The van der Waals surface area contributed by atoms with E-state index in [9.17, 15) is 4.79 Å². The Kier molecular flexibility index (Phi) is 6.22. The molecule has 3 nitrogen and oxygen atoms in total. The molecule has 4 heteroatoms. The van der Waals surface area contributed by atoms with Crippen molar-refractivity contribution in [2.75, 3.05) is 16.8 Å². The van der Waals surface area contributed by atoms with E-state index in [1.54, 1.807) is 11.8 Å². The highest BCUT2D eigenvalue weighted by atomic mass is 32.2. The highest BCUT2D eigenvalue weighted by Crippen LogP contribution is 2.14. The van der Waals surface area contributed by atoms with Crippen molar-refractivity contribution in [3.8, 4) is 0 Å². The number of benzene rings is 1. The summed E-state index contributed by atoms with van der Waals surface area (Å²) in [4.78, 5) is 11.7. The second-order valence-corrected chi connectivity index (χ2v) is 5.77. The second kappa shape index (κ2) is 7.44. The smallest absolute Gasteiger partial charge is 0.234 e. The minimum atomic E-state index is 0.0490. The number of nitrogens with one attached hydrogen (secondary N) is 1. The summed E-state index contributed by atoms with van der Waals surface area (Å²) < 4.78 is 0. The minimum absolute atomic E-state index is 0.0490. The predicted octanol–water partition coefficient (Wildman–Crippen LogP) is 2.71. The standard InChI is InChI=1S/C14H22N2OS/c1-10-4-5-13(8-11(10)2)16-14(17)9-18-7-6-12(3)15/h4-5,8,12H,6-7,9,15H2,1-3H3,(H,16,17). The molecule has 1 aromatic carbocycles. The summed E-state index contributed by atoms with van der Waals surface area (Å²) in [7, 11) is 0. The predicted molar refractivity (Wildman–Crippen MR) is 80.1 cm³/mol. The molecular weight excluding hydrogens is 244 g/mol. The normalized spacial score (nSPS) is 12.2. The zero-order chi connectivity index (χ0) is 13.5. The molecule has 3 N–H and O–H groups in total. The molecule has 100 valence electrons. The third kappa shape index (κ3) is 5.56. The van der Waals surface area contributed by atoms with Gasteiger partial charge in [-0.2, -0.15) is 11.8 Å². The topological polar surface area (TPSA) is 55.1 Å². The zero-order valence-corrected chi connectivity index (χ0v) is 12.1. The lowest BCUT2D eigenvalue weighted by molar-refractivity contribution is -0.113. The van der Waals surface area contributed by atoms with Crippen molar-refractivity contribution in [2.24, 2.45) is 5.73 Å². The third-order valence-electron chi connectivity index (χ3n) is 2.74. The molecule has 0 bridgehead atoms. The Morgan fingerprint density at radius 3 is 2.72 bits per heavy atom. The molecule has 0 fully saturated rings. The lowest BCUT2D eigenvalue weighted by Gasteiger charge is -2.08. The molecule has 1 atom stereocenters. The van der Waals surface area contributed by atoms with Gasteiger partial charge in [0.05, 0.1) is 5.75 Å². The van der Waals surface area contributed by atoms with Crippen molar-refractivity contribution < 1.29 is 4.79 Å². The van der Waals surface area contributed by atoms with Crippen LogP contribution in [0.3, 0.4) is 0 Å². The third-order valence-corrected chi connectivity index (χ3v) is 3.73. The Bertz CT molecular complexity index is 405. The van der Waals surface area contributed by atoms with E-state index < -0.39 is 0 Å². The molecule has 0 aliphatic carbocycles. The number of thioether (sulfide) groups is 1.